The summed E-state index contributed by atoms with van der Waals surface area (Å²) in [6.07, 6.45) is 14.2. The lowest BCUT2D eigenvalue weighted by atomic mass is 9.95. The fourth-order valence-corrected chi connectivity index (χ4v) is 3.21. The van der Waals surface area contributed by atoms with Gasteiger partial charge in [0.25, 0.3) is 0 Å². The molecular formula is C19H28O. The molecule has 3 rings (SSSR count). The van der Waals surface area contributed by atoms with Gasteiger partial charge >= 0.3 is 0 Å². The van der Waals surface area contributed by atoms with Gasteiger partial charge in [-0.15, -0.1) is 0 Å². The highest BCUT2D eigenvalue weighted by Crippen LogP contribution is 2.19. The van der Waals surface area contributed by atoms with Crippen LogP contribution >= 0.6 is 0 Å². The first-order valence-electron chi connectivity index (χ1n) is 8.40. The van der Waals surface area contributed by atoms with E-state index in [1.807, 2.05) is 0 Å². The molecule has 2 aliphatic rings. The monoisotopic (exact) mass is 272 g/mol. The minimum absolute atomic E-state index is 0.228. The van der Waals surface area contributed by atoms with Crippen LogP contribution in [-0.2, 0) is 12.8 Å². The van der Waals surface area contributed by atoms with Crippen LogP contribution in [0.25, 0.3) is 0 Å². The zero-order valence-corrected chi connectivity index (χ0v) is 12.9. The number of carbonyl (C=O) groups excluding carboxylic acids is 1. The SMILES string of the molecule is CC(=O)c1cc2ccc1CCCCCCCCCCC2. The molecule has 20 heavy (non-hydrogen) atoms. The summed E-state index contributed by atoms with van der Waals surface area (Å²) in [7, 11) is 0. The minimum Gasteiger partial charge on any atom is -0.295 e. The molecular weight excluding hydrogens is 244 g/mol. The summed E-state index contributed by atoms with van der Waals surface area (Å²) in [5.74, 6) is 0.228. The van der Waals surface area contributed by atoms with Crippen molar-refractivity contribution in [3.05, 3.63) is 34.9 Å². The molecule has 0 unspecified atom stereocenters. The molecule has 0 heterocycles. The van der Waals surface area contributed by atoms with Gasteiger partial charge in [-0.1, -0.05) is 57.1 Å². The predicted molar refractivity (Wildman–Crippen MR) is 85.4 cm³/mol. The number of aryl methyl sites for hydroxylation is 2. The summed E-state index contributed by atoms with van der Waals surface area (Å²) >= 11 is 0. The number of benzene rings is 1. The van der Waals surface area contributed by atoms with Gasteiger partial charge in [-0.2, -0.15) is 0 Å². The van der Waals surface area contributed by atoms with Crippen LogP contribution in [0.15, 0.2) is 18.2 Å². The molecule has 1 aromatic rings. The van der Waals surface area contributed by atoms with Crippen LogP contribution < -0.4 is 0 Å². The Bertz CT molecular complexity index is 433. The van der Waals surface area contributed by atoms with E-state index in [9.17, 15) is 4.79 Å². The van der Waals surface area contributed by atoms with Gasteiger partial charge in [0.05, 0.1) is 0 Å². The van der Waals surface area contributed by atoms with E-state index in [2.05, 4.69) is 18.2 Å². The lowest BCUT2D eigenvalue weighted by molar-refractivity contribution is 0.101. The van der Waals surface area contributed by atoms with Crippen LogP contribution in [0.5, 0.6) is 0 Å². The van der Waals surface area contributed by atoms with E-state index in [0.29, 0.717) is 0 Å². The topological polar surface area (TPSA) is 17.1 Å². The second-order valence-corrected chi connectivity index (χ2v) is 6.23. The highest BCUT2D eigenvalue weighted by molar-refractivity contribution is 5.95. The third kappa shape index (κ3) is 4.77. The summed E-state index contributed by atoms with van der Waals surface area (Å²) in [5, 5.41) is 0. The van der Waals surface area contributed by atoms with Crippen LogP contribution in [0.3, 0.4) is 0 Å². The summed E-state index contributed by atoms with van der Waals surface area (Å²) in [5.41, 5.74) is 3.57. The van der Waals surface area contributed by atoms with E-state index in [4.69, 9.17) is 0 Å². The Kier molecular flexibility index (Phi) is 6.29. The Morgan fingerprint density at radius 3 is 1.95 bits per heavy atom. The first kappa shape index (κ1) is 15.3. The molecule has 0 aliphatic heterocycles. The van der Waals surface area contributed by atoms with Gasteiger partial charge in [0, 0.05) is 5.56 Å². The third-order valence-electron chi connectivity index (χ3n) is 4.47. The second kappa shape index (κ2) is 8.24. The van der Waals surface area contributed by atoms with E-state index in [1.165, 1.54) is 68.9 Å². The van der Waals surface area contributed by atoms with Crippen molar-refractivity contribution < 1.29 is 4.79 Å². The molecule has 1 aromatic carbocycles. The summed E-state index contributed by atoms with van der Waals surface area (Å²) in [6.45, 7) is 1.71. The lowest BCUT2D eigenvalue weighted by Crippen LogP contribution is -2.02. The normalized spacial score (nSPS) is 18.2. The first-order valence-corrected chi connectivity index (χ1v) is 8.40. The predicted octanol–water partition coefficient (Wildman–Crippen LogP) is 5.50. The molecule has 0 N–H and O–H groups in total. The highest BCUT2D eigenvalue weighted by Gasteiger charge is 2.09. The number of carbonyl (C=O) groups is 1. The van der Waals surface area contributed by atoms with Gasteiger partial charge in [0.1, 0.15) is 0 Å². The molecule has 1 nitrogen and oxygen atoms in total. The molecule has 0 saturated heterocycles. The first-order chi connectivity index (χ1) is 9.77. The van der Waals surface area contributed by atoms with Gasteiger partial charge in [-0.3, -0.25) is 4.79 Å². The smallest absolute Gasteiger partial charge is 0.160 e. The van der Waals surface area contributed by atoms with E-state index in [1.54, 1.807) is 6.92 Å². The van der Waals surface area contributed by atoms with Crippen LogP contribution in [0, 0.1) is 0 Å². The minimum atomic E-state index is 0.228. The van der Waals surface area contributed by atoms with Crippen molar-refractivity contribution in [3.8, 4) is 0 Å². The molecule has 0 spiro atoms. The van der Waals surface area contributed by atoms with Gasteiger partial charge in [-0.05, 0) is 49.8 Å². The fourth-order valence-electron chi connectivity index (χ4n) is 3.21. The Labute approximate surface area is 123 Å². The number of fused-ring (bicyclic) bond motifs is 12. The standard InChI is InChI=1S/C19H28O/c1-16(20)19-15-17-11-9-7-5-3-2-4-6-8-10-12-18(19)14-13-17/h13-15H,2-12H2,1H3. The average molecular weight is 272 g/mol. The van der Waals surface area contributed by atoms with Crippen LogP contribution in [0.1, 0.15) is 86.2 Å². The van der Waals surface area contributed by atoms with Gasteiger partial charge in [0.2, 0.25) is 0 Å². The van der Waals surface area contributed by atoms with E-state index >= 15 is 0 Å². The van der Waals surface area contributed by atoms with Crippen molar-refractivity contribution >= 4 is 5.78 Å². The van der Waals surface area contributed by atoms with Gasteiger partial charge < -0.3 is 0 Å². The van der Waals surface area contributed by atoms with Crippen molar-refractivity contribution in [1.82, 2.24) is 0 Å². The molecule has 110 valence electrons. The number of ketones is 1. The molecule has 2 bridgehead atoms. The largest absolute Gasteiger partial charge is 0.295 e. The number of rotatable bonds is 1. The zero-order valence-electron chi connectivity index (χ0n) is 12.9. The Morgan fingerprint density at radius 1 is 0.800 bits per heavy atom. The second-order valence-electron chi connectivity index (χ2n) is 6.23. The van der Waals surface area contributed by atoms with Crippen molar-refractivity contribution in [2.24, 2.45) is 0 Å². The molecule has 0 atom stereocenters. The fraction of sp³-hybridized carbons (Fsp3) is 0.632. The third-order valence-corrected chi connectivity index (χ3v) is 4.47. The van der Waals surface area contributed by atoms with Gasteiger partial charge in [-0.25, -0.2) is 0 Å². The van der Waals surface area contributed by atoms with Crippen LogP contribution in [-0.4, -0.2) is 5.78 Å². The summed E-state index contributed by atoms with van der Waals surface area (Å²) in [6, 6.07) is 6.59. The molecule has 0 aromatic heterocycles. The van der Waals surface area contributed by atoms with E-state index in [-0.39, 0.29) is 5.78 Å². The Hall–Kier alpha value is -1.11. The van der Waals surface area contributed by atoms with E-state index in [0.717, 1.165) is 18.4 Å². The number of hydrogen-bond donors (Lipinski definition) is 0. The lowest BCUT2D eigenvalue weighted by Gasteiger charge is -2.10. The number of Topliss-reactive ketones (excluding diaryl/α,β-unsaturated/α-hetero) is 1. The van der Waals surface area contributed by atoms with Crippen molar-refractivity contribution in [2.75, 3.05) is 0 Å². The molecule has 0 radical (unpaired) electrons. The highest BCUT2D eigenvalue weighted by atomic mass is 16.1. The Balaban J connectivity index is 2.10. The summed E-state index contributed by atoms with van der Waals surface area (Å²) < 4.78 is 0. The van der Waals surface area contributed by atoms with Crippen molar-refractivity contribution in [3.63, 3.8) is 0 Å². The molecule has 0 amide bonds. The maximum Gasteiger partial charge on any atom is 0.160 e. The zero-order chi connectivity index (χ0) is 14.2. The Morgan fingerprint density at radius 2 is 1.35 bits per heavy atom. The molecule has 0 saturated carbocycles. The quantitative estimate of drug-likeness (QED) is 0.617. The molecule has 2 aliphatic carbocycles. The van der Waals surface area contributed by atoms with Crippen molar-refractivity contribution in [2.45, 2.75) is 77.6 Å². The maximum atomic E-state index is 11.8. The van der Waals surface area contributed by atoms with Gasteiger partial charge in [0.15, 0.2) is 5.78 Å². The van der Waals surface area contributed by atoms with Crippen LogP contribution in [0.2, 0.25) is 0 Å². The molecule has 0 fully saturated rings. The van der Waals surface area contributed by atoms with Crippen LogP contribution in [0.4, 0.5) is 0 Å². The number of hydrogen-bond acceptors (Lipinski definition) is 1. The van der Waals surface area contributed by atoms with Crippen molar-refractivity contribution in [1.29, 1.82) is 0 Å². The average Bonchev–Trinajstić information content (AvgIpc) is 2.46. The summed E-state index contributed by atoms with van der Waals surface area (Å²) in [4.78, 5) is 11.8. The maximum absolute atomic E-state index is 11.8. The molecule has 1 heteroatoms. The van der Waals surface area contributed by atoms with E-state index < -0.39 is 0 Å².